The minimum atomic E-state index is -0.972. The number of esters is 1. The van der Waals surface area contributed by atoms with Crippen molar-refractivity contribution in [1.82, 2.24) is 10.2 Å². The minimum Gasteiger partial charge on any atom is -0.481 e. The van der Waals surface area contributed by atoms with Gasteiger partial charge in [-0.15, -0.1) is 0 Å². The SMILES string of the molecule is CCCCOC(=O)CC1C(=O)NCCN1C(=O)C1CCCCC1C(=O)O. The smallest absolute Gasteiger partial charge is 0.308 e. The molecule has 146 valence electrons. The number of ether oxygens (including phenoxy) is 1. The fourth-order valence-electron chi connectivity index (χ4n) is 3.66. The van der Waals surface area contributed by atoms with Crippen LogP contribution in [-0.2, 0) is 23.9 Å². The Balaban J connectivity index is 2.08. The third-order valence-electron chi connectivity index (χ3n) is 5.14. The van der Waals surface area contributed by atoms with Crippen molar-refractivity contribution in [1.29, 1.82) is 0 Å². The summed E-state index contributed by atoms with van der Waals surface area (Å²) < 4.78 is 5.12. The molecule has 8 heteroatoms. The van der Waals surface area contributed by atoms with Crippen LogP contribution in [0.4, 0.5) is 0 Å². The van der Waals surface area contributed by atoms with E-state index in [9.17, 15) is 24.3 Å². The number of amides is 2. The van der Waals surface area contributed by atoms with E-state index in [0.29, 0.717) is 26.0 Å². The van der Waals surface area contributed by atoms with E-state index >= 15 is 0 Å². The summed E-state index contributed by atoms with van der Waals surface area (Å²) in [4.78, 5) is 50.1. The Morgan fingerprint density at radius 1 is 1.23 bits per heavy atom. The molecule has 2 aliphatic rings. The van der Waals surface area contributed by atoms with Crippen molar-refractivity contribution in [2.75, 3.05) is 19.7 Å². The van der Waals surface area contributed by atoms with Crippen molar-refractivity contribution >= 4 is 23.8 Å². The largest absolute Gasteiger partial charge is 0.481 e. The molecule has 2 amide bonds. The molecule has 26 heavy (non-hydrogen) atoms. The first-order valence-corrected chi connectivity index (χ1v) is 9.42. The van der Waals surface area contributed by atoms with E-state index in [2.05, 4.69) is 5.32 Å². The van der Waals surface area contributed by atoms with Crippen LogP contribution >= 0.6 is 0 Å². The maximum Gasteiger partial charge on any atom is 0.308 e. The molecule has 1 aliphatic heterocycles. The van der Waals surface area contributed by atoms with E-state index in [1.165, 1.54) is 4.90 Å². The number of nitrogens with zero attached hydrogens (tertiary/aromatic N) is 1. The van der Waals surface area contributed by atoms with Gasteiger partial charge in [-0.05, 0) is 19.3 Å². The third-order valence-corrected chi connectivity index (χ3v) is 5.14. The van der Waals surface area contributed by atoms with Gasteiger partial charge in [-0.25, -0.2) is 0 Å². The van der Waals surface area contributed by atoms with E-state index in [0.717, 1.165) is 25.7 Å². The second kappa shape index (κ2) is 9.54. The molecule has 3 unspecified atom stereocenters. The highest BCUT2D eigenvalue weighted by Crippen LogP contribution is 2.32. The molecular weight excluding hydrogens is 340 g/mol. The molecule has 0 aromatic carbocycles. The van der Waals surface area contributed by atoms with Crippen LogP contribution in [0, 0.1) is 11.8 Å². The first kappa shape index (κ1) is 20.2. The van der Waals surface area contributed by atoms with Gasteiger partial charge in [0.1, 0.15) is 6.04 Å². The zero-order valence-corrected chi connectivity index (χ0v) is 15.2. The summed E-state index contributed by atoms with van der Waals surface area (Å²) in [5.41, 5.74) is 0. The van der Waals surface area contributed by atoms with Gasteiger partial charge in [0.05, 0.1) is 24.9 Å². The van der Waals surface area contributed by atoms with Crippen LogP contribution < -0.4 is 5.32 Å². The van der Waals surface area contributed by atoms with Crippen molar-refractivity contribution in [2.45, 2.75) is 57.9 Å². The van der Waals surface area contributed by atoms with Crippen LogP contribution in [0.15, 0.2) is 0 Å². The van der Waals surface area contributed by atoms with Crippen LogP contribution in [-0.4, -0.2) is 59.5 Å². The lowest BCUT2D eigenvalue weighted by atomic mass is 9.78. The lowest BCUT2D eigenvalue weighted by Gasteiger charge is -2.39. The molecule has 8 nitrogen and oxygen atoms in total. The Morgan fingerprint density at radius 3 is 2.58 bits per heavy atom. The maximum atomic E-state index is 13.0. The van der Waals surface area contributed by atoms with Gasteiger partial charge < -0.3 is 20.1 Å². The van der Waals surface area contributed by atoms with Gasteiger partial charge in [0.15, 0.2) is 0 Å². The highest BCUT2D eigenvalue weighted by atomic mass is 16.5. The van der Waals surface area contributed by atoms with Crippen LogP contribution in [0.5, 0.6) is 0 Å². The van der Waals surface area contributed by atoms with Gasteiger partial charge in [-0.3, -0.25) is 19.2 Å². The fourth-order valence-corrected chi connectivity index (χ4v) is 3.66. The summed E-state index contributed by atoms with van der Waals surface area (Å²) in [5, 5.41) is 12.1. The molecule has 3 atom stereocenters. The Bertz CT molecular complexity index is 550. The summed E-state index contributed by atoms with van der Waals surface area (Å²) in [6, 6.07) is -0.929. The highest BCUT2D eigenvalue weighted by Gasteiger charge is 2.42. The molecule has 0 aromatic heterocycles. The van der Waals surface area contributed by atoms with Crippen molar-refractivity contribution in [2.24, 2.45) is 11.8 Å². The predicted octanol–water partition coefficient (Wildman–Crippen LogP) is 0.938. The van der Waals surface area contributed by atoms with Gasteiger partial charge in [-0.2, -0.15) is 0 Å². The van der Waals surface area contributed by atoms with E-state index in [-0.39, 0.29) is 24.8 Å². The molecule has 1 aliphatic carbocycles. The fraction of sp³-hybridized carbons (Fsp3) is 0.778. The number of carboxylic acids is 1. The summed E-state index contributed by atoms with van der Waals surface area (Å²) in [6.45, 7) is 2.85. The number of rotatable bonds is 7. The number of carbonyl (C=O) groups is 4. The average Bonchev–Trinajstić information content (AvgIpc) is 2.63. The normalized spacial score (nSPS) is 26.1. The lowest BCUT2D eigenvalue weighted by molar-refractivity contribution is -0.158. The van der Waals surface area contributed by atoms with E-state index in [1.54, 1.807) is 0 Å². The van der Waals surface area contributed by atoms with Crippen LogP contribution in [0.2, 0.25) is 0 Å². The Morgan fingerprint density at radius 2 is 1.92 bits per heavy atom. The molecule has 2 N–H and O–H groups in total. The Labute approximate surface area is 153 Å². The van der Waals surface area contributed by atoms with Gasteiger partial charge in [0.25, 0.3) is 0 Å². The number of piperazine rings is 1. The van der Waals surface area contributed by atoms with Crippen molar-refractivity contribution in [3.8, 4) is 0 Å². The molecule has 0 bridgehead atoms. The zero-order valence-electron chi connectivity index (χ0n) is 15.2. The summed E-state index contributed by atoms with van der Waals surface area (Å²) >= 11 is 0. The molecule has 0 radical (unpaired) electrons. The number of carboxylic acid groups (broad SMARTS) is 1. The average molecular weight is 368 g/mol. The monoisotopic (exact) mass is 368 g/mol. The minimum absolute atomic E-state index is 0.203. The number of aliphatic carboxylic acids is 1. The van der Waals surface area contributed by atoms with Gasteiger partial charge in [0, 0.05) is 13.1 Å². The number of nitrogens with one attached hydrogen (secondary N) is 1. The maximum absolute atomic E-state index is 13.0. The van der Waals surface area contributed by atoms with Crippen LogP contribution in [0.3, 0.4) is 0 Å². The topological polar surface area (TPSA) is 113 Å². The van der Waals surface area contributed by atoms with Crippen LogP contribution in [0.1, 0.15) is 51.9 Å². The number of hydrogen-bond donors (Lipinski definition) is 2. The highest BCUT2D eigenvalue weighted by molar-refractivity contribution is 5.93. The van der Waals surface area contributed by atoms with Gasteiger partial charge in [-0.1, -0.05) is 26.2 Å². The second-order valence-electron chi connectivity index (χ2n) is 6.95. The predicted molar refractivity (Wildman–Crippen MR) is 92.1 cm³/mol. The zero-order chi connectivity index (χ0) is 19.1. The van der Waals surface area contributed by atoms with Crippen molar-refractivity contribution < 1.29 is 29.0 Å². The Kier molecular flexibility index (Phi) is 7.41. The quantitative estimate of drug-likeness (QED) is 0.511. The standard InChI is InChI=1S/C18H28N2O6/c1-2-3-10-26-15(21)11-14-16(22)19-8-9-20(14)17(23)12-6-4-5-7-13(12)18(24)25/h12-14H,2-11H2,1H3,(H,19,22)(H,24,25). The number of unbranched alkanes of at least 4 members (excludes halogenated alkanes) is 1. The summed E-state index contributed by atoms with van der Waals surface area (Å²) in [6.07, 6.45) is 3.98. The molecular formula is C18H28N2O6. The first-order valence-electron chi connectivity index (χ1n) is 9.42. The molecule has 2 rings (SSSR count). The van der Waals surface area contributed by atoms with Crippen molar-refractivity contribution in [3.05, 3.63) is 0 Å². The number of carbonyl (C=O) groups excluding carboxylic acids is 3. The molecule has 1 saturated carbocycles. The molecule has 0 aromatic rings. The first-order chi connectivity index (χ1) is 12.5. The third kappa shape index (κ3) is 4.95. The number of hydrogen-bond acceptors (Lipinski definition) is 5. The van der Waals surface area contributed by atoms with Gasteiger partial charge in [0.2, 0.25) is 11.8 Å². The second-order valence-corrected chi connectivity index (χ2v) is 6.95. The lowest BCUT2D eigenvalue weighted by Crippen LogP contribution is -2.59. The Hall–Kier alpha value is -2.12. The summed E-state index contributed by atoms with van der Waals surface area (Å²) in [5.74, 6) is -3.57. The molecule has 2 fully saturated rings. The molecule has 0 spiro atoms. The van der Waals surface area contributed by atoms with E-state index in [4.69, 9.17) is 4.74 Å². The van der Waals surface area contributed by atoms with Crippen molar-refractivity contribution in [3.63, 3.8) is 0 Å². The molecule has 1 heterocycles. The van der Waals surface area contributed by atoms with E-state index in [1.807, 2.05) is 6.92 Å². The van der Waals surface area contributed by atoms with E-state index < -0.39 is 29.8 Å². The van der Waals surface area contributed by atoms with Gasteiger partial charge >= 0.3 is 11.9 Å². The van der Waals surface area contributed by atoms with Crippen LogP contribution in [0.25, 0.3) is 0 Å². The molecule has 1 saturated heterocycles. The summed E-state index contributed by atoms with van der Waals surface area (Å²) in [7, 11) is 0.